The van der Waals surface area contributed by atoms with Crippen molar-refractivity contribution < 1.29 is 4.39 Å². The highest BCUT2D eigenvalue weighted by molar-refractivity contribution is 6.30. The first-order valence-corrected chi connectivity index (χ1v) is 5.70. The van der Waals surface area contributed by atoms with Crippen molar-refractivity contribution in [3.05, 3.63) is 46.3 Å². The smallest absolute Gasteiger partial charge is 0.128 e. The fourth-order valence-corrected chi connectivity index (χ4v) is 1.61. The zero-order valence-corrected chi connectivity index (χ0v) is 10.1. The van der Waals surface area contributed by atoms with E-state index in [0.29, 0.717) is 22.9 Å². The Bertz CT molecular complexity index is 359. The molecule has 0 atom stereocenters. The molecule has 0 saturated carbocycles. The Morgan fingerprint density at radius 3 is 2.80 bits per heavy atom. The lowest BCUT2D eigenvalue weighted by atomic mass is 10.1. The number of alkyl halides is 1. The summed E-state index contributed by atoms with van der Waals surface area (Å²) < 4.78 is 13.4. The van der Waals surface area contributed by atoms with Crippen LogP contribution in [0.2, 0.25) is 5.02 Å². The molecule has 0 spiro atoms. The van der Waals surface area contributed by atoms with Gasteiger partial charge in [-0.25, -0.2) is 4.39 Å². The minimum absolute atomic E-state index is 0.249. The Kier molecular flexibility index (Phi) is 5.13. The van der Waals surface area contributed by atoms with E-state index in [1.807, 2.05) is 13.0 Å². The van der Waals surface area contributed by atoms with Gasteiger partial charge >= 0.3 is 0 Å². The van der Waals surface area contributed by atoms with Gasteiger partial charge in [-0.2, -0.15) is 0 Å². The molecular formula is C12H13Cl2F. The second-order valence-electron chi connectivity index (χ2n) is 3.44. The summed E-state index contributed by atoms with van der Waals surface area (Å²) in [6.45, 7) is 1.97. The van der Waals surface area contributed by atoms with Gasteiger partial charge in [-0.3, -0.25) is 0 Å². The summed E-state index contributed by atoms with van der Waals surface area (Å²) in [4.78, 5) is 0. The molecule has 0 saturated heterocycles. The van der Waals surface area contributed by atoms with Crippen molar-refractivity contribution in [1.29, 1.82) is 0 Å². The molecule has 0 amide bonds. The third kappa shape index (κ3) is 4.23. The van der Waals surface area contributed by atoms with E-state index < -0.39 is 0 Å². The quantitative estimate of drug-likeness (QED) is 0.539. The standard InChI is InChI=1S/C12H13Cl2F/c1-9(3-2-6-13)7-10-4-5-11(14)8-12(10)15/h3-5,8H,2,6-7H2,1H3/b9-3-. The maximum Gasteiger partial charge on any atom is 0.128 e. The maximum absolute atomic E-state index is 13.4. The summed E-state index contributed by atoms with van der Waals surface area (Å²) in [7, 11) is 0. The van der Waals surface area contributed by atoms with Gasteiger partial charge < -0.3 is 0 Å². The van der Waals surface area contributed by atoms with Crippen LogP contribution in [0, 0.1) is 5.82 Å². The SMILES string of the molecule is C/C(=C/CCCl)Cc1ccc(Cl)cc1F. The third-order valence-corrected chi connectivity index (χ3v) is 2.54. The van der Waals surface area contributed by atoms with Gasteiger partial charge in [-0.1, -0.05) is 29.3 Å². The zero-order chi connectivity index (χ0) is 11.3. The largest absolute Gasteiger partial charge is 0.207 e. The van der Waals surface area contributed by atoms with Crippen LogP contribution in [0.25, 0.3) is 0 Å². The van der Waals surface area contributed by atoms with Crippen LogP contribution in [0.1, 0.15) is 18.9 Å². The fourth-order valence-electron chi connectivity index (χ4n) is 1.34. The van der Waals surface area contributed by atoms with Crippen LogP contribution in [-0.4, -0.2) is 5.88 Å². The zero-order valence-electron chi connectivity index (χ0n) is 8.56. The van der Waals surface area contributed by atoms with E-state index in [1.165, 1.54) is 6.07 Å². The van der Waals surface area contributed by atoms with Crippen molar-refractivity contribution in [2.75, 3.05) is 5.88 Å². The van der Waals surface area contributed by atoms with Crippen molar-refractivity contribution in [3.8, 4) is 0 Å². The second kappa shape index (κ2) is 6.14. The van der Waals surface area contributed by atoms with Gasteiger partial charge in [-0.05, 0) is 37.5 Å². The van der Waals surface area contributed by atoms with E-state index >= 15 is 0 Å². The molecule has 1 rings (SSSR count). The van der Waals surface area contributed by atoms with Crippen LogP contribution >= 0.6 is 23.2 Å². The Balaban J connectivity index is 2.72. The van der Waals surface area contributed by atoms with Crippen LogP contribution in [0.15, 0.2) is 29.8 Å². The molecule has 1 aromatic rings. The maximum atomic E-state index is 13.4. The van der Waals surface area contributed by atoms with Crippen molar-refractivity contribution in [1.82, 2.24) is 0 Å². The predicted molar refractivity (Wildman–Crippen MR) is 64.2 cm³/mol. The Morgan fingerprint density at radius 1 is 1.47 bits per heavy atom. The summed E-state index contributed by atoms with van der Waals surface area (Å²) >= 11 is 11.2. The topological polar surface area (TPSA) is 0 Å². The first kappa shape index (κ1) is 12.5. The van der Waals surface area contributed by atoms with E-state index in [1.54, 1.807) is 12.1 Å². The first-order chi connectivity index (χ1) is 7.13. The van der Waals surface area contributed by atoms with Gasteiger partial charge in [0, 0.05) is 10.9 Å². The number of halogens is 3. The van der Waals surface area contributed by atoms with Gasteiger partial charge in [0.15, 0.2) is 0 Å². The van der Waals surface area contributed by atoms with Gasteiger partial charge in [0.2, 0.25) is 0 Å². The van der Waals surface area contributed by atoms with E-state index in [-0.39, 0.29) is 5.82 Å². The molecule has 0 aliphatic rings. The Morgan fingerprint density at radius 2 is 2.20 bits per heavy atom. The highest BCUT2D eigenvalue weighted by Gasteiger charge is 2.03. The van der Waals surface area contributed by atoms with Crippen LogP contribution in [0.4, 0.5) is 4.39 Å². The summed E-state index contributed by atoms with van der Waals surface area (Å²) in [6, 6.07) is 4.76. The highest BCUT2D eigenvalue weighted by atomic mass is 35.5. The predicted octanol–water partition coefficient (Wildman–Crippen LogP) is 4.60. The average Bonchev–Trinajstić information content (AvgIpc) is 2.19. The van der Waals surface area contributed by atoms with Crippen molar-refractivity contribution in [2.24, 2.45) is 0 Å². The summed E-state index contributed by atoms with van der Waals surface area (Å²) in [6.07, 6.45) is 3.46. The van der Waals surface area contributed by atoms with E-state index in [4.69, 9.17) is 23.2 Å². The highest BCUT2D eigenvalue weighted by Crippen LogP contribution is 2.17. The summed E-state index contributed by atoms with van der Waals surface area (Å²) in [5, 5.41) is 0.429. The van der Waals surface area contributed by atoms with Gasteiger partial charge in [0.05, 0.1) is 0 Å². The molecule has 82 valence electrons. The van der Waals surface area contributed by atoms with E-state index in [0.717, 1.165) is 12.0 Å². The van der Waals surface area contributed by atoms with Crippen molar-refractivity contribution >= 4 is 23.2 Å². The fraction of sp³-hybridized carbons (Fsp3) is 0.333. The molecular weight excluding hydrogens is 234 g/mol. The molecule has 3 heteroatoms. The Hall–Kier alpha value is -0.530. The molecule has 0 aliphatic heterocycles. The molecule has 0 N–H and O–H groups in total. The monoisotopic (exact) mass is 246 g/mol. The molecule has 0 unspecified atom stereocenters. The normalized spacial score (nSPS) is 11.9. The molecule has 0 bridgehead atoms. The molecule has 0 radical (unpaired) electrons. The van der Waals surface area contributed by atoms with Crippen LogP contribution < -0.4 is 0 Å². The van der Waals surface area contributed by atoms with Crippen molar-refractivity contribution in [3.63, 3.8) is 0 Å². The number of hydrogen-bond donors (Lipinski definition) is 0. The van der Waals surface area contributed by atoms with Gasteiger partial charge in [0.1, 0.15) is 5.82 Å². The molecule has 0 nitrogen and oxygen atoms in total. The second-order valence-corrected chi connectivity index (χ2v) is 4.26. The van der Waals surface area contributed by atoms with Crippen molar-refractivity contribution in [2.45, 2.75) is 19.8 Å². The van der Waals surface area contributed by atoms with E-state index in [2.05, 4.69) is 0 Å². The molecule has 1 aromatic carbocycles. The van der Waals surface area contributed by atoms with Gasteiger partial charge in [-0.15, -0.1) is 11.6 Å². The first-order valence-electron chi connectivity index (χ1n) is 4.79. The minimum Gasteiger partial charge on any atom is -0.207 e. The van der Waals surface area contributed by atoms with Crippen LogP contribution in [-0.2, 0) is 6.42 Å². The third-order valence-electron chi connectivity index (χ3n) is 2.09. The molecule has 0 fully saturated rings. The summed E-state index contributed by atoms with van der Waals surface area (Å²) in [5.74, 6) is 0.349. The number of rotatable bonds is 4. The molecule has 15 heavy (non-hydrogen) atoms. The lowest BCUT2D eigenvalue weighted by Crippen LogP contribution is -1.92. The number of benzene rings is 1. The lowest BCUT2D eigenvalue weighted by Gasteiger charge is -2.04. The van der Waals surface area contributed by atoms with Crippen LogP contribution in [0.3, 0.4) is 0 Å². The Labute approximate surface area is 99.7 Å². The molecule has 0 heterocycles. The number of allylic oxidation sites excluding steroid dienone is 2. The van der Waals surface area contributed by atoms with Crippen LogP contribution in [0.5, 0.6) is 0 Å². The molecule has 0 aliphatic carbocycles. The lowest BCUT2D eigenvalue weighted by molar-refractivity contribution is 0.613. The minimum atomic E-state index is -0.249. The number of hydrogen-bond acceptors (Lipinski definition) is 0. The molecule has 0 aromatic heterocycles. The summed E-state index contributed by atoms with van der Waals surface area (Å²) in [5.41, 5.74) is 1.79. The average molecular weight is 247 g/mol. The van der Waals surface area contributed by atoms with E-state index in [9.17, 15) is 4.39 Å². The van der Waals surface area contributed by atoms with Gasteiger partial charge in [0.25, 0.3) is 0 Å².